The Morgan fingerprint density at radius 3 is 2.59 bits per heavy atom. The van der Waals surface area contributed by atoms with Crippen molar-refractivity contribution in [2.75, 3.05) is 26.8 Å². The second-order valence-electron chi connectivity index (χ2n) is 6.05. The summed E-state index contributed by atoms with van der Waals surface area (Å²) in [5.41, 5.74) is 2.06. The molecule has 27 heavy (non-hydrogen) atoms. The van der Waals surface area contributed by atoms with E-state index in [0.29, 0.717) is 32.2 Å². The standard InChI is InChI=1S/C18H27FN6O.HI/c1-13-11-16(19)6-5-15(13)7-8-20-18(21-9-10-26-4)22-12-17-24-23-14(2)25(17)3;/h5-6,11H,7-10,12H2,1-4H3,(H2,20,21,22);1H. The number of halogens is 2. The quantitative estimate of drug-likeness (QED) is 0.257. The molecular weight excluding hydrogens is 462 g/mol. The highest BCUT2D eigenvalue weighted by atomic mass is 127. The number of guanidine groups is 1. The van der Waals surface area contributed by atoms with Gasteiger partial charge in [0, 0.05) is 27.2 Å². The maximum absolute atomic E-state index is 13.2. The van der Waals surface area contributed by atoms with E-state index >= 15 is 0 Å². The first-order valence-electron chi connectivity index (χ1n) is 8.62. The largest absolute Gasteiger partial charge is 0.383 e. The van der Waals surface area contributed by atoms with Crippen molar-refractivity contribution in [3.05, 3.63) is 46.8 Å². The maximum Gasteiger partial charge on any atom is 0.191 e. The molecule has 150 valence electrons. The number of methoxy groups -OCH3 is 1. The predicted octanol–water partition coefficient (Wildman–Crippen LogP) is 2.11. The van der Waals surface area contributed by atoms with Crippen molar-refractivity contribution in [2.45, 2.75) is 26.8 Å². The van der Waals surface area contributed by atoms with Gasteiger partial charge in [0.15, 0.2) is 11.8 Å². The molecule has 0 saturated carbocycles. The van der Waals surface area contributed by atoms with Gasteiger partial charge in [0.05, 0.1) is 6.61 Å². The van der Waals surface area contributed by atoms with E-state index in [9.17, 15) is 4.39 Å². The van der Waals surface area contributed by atoms with Crippen LogP contribution in [0.2, 0.25) is 0 Å². The van der Waals surface area contributed by atoms with E-state index in [1.54, 1.807) is 13.2 Å². The molecule has 1 aromatic carbocycles. The Hall–Kier alpha value is -1.75. The summed E-state index contributed by atoms with van der Waals surface area (Å²) in [6.07, 6.45) is 0.778. The van der Waals surface area contributed by atoms with Gasteiger partial charge in [-0.2, -0.15) is 0 Å². The minimum atomic E-state index is -0.207. The van der Waals surface area contributed by atoms with Crippen molar-refractivity contribution in [3.63, 3.8) is 0 Å². The van der Waals surface area contributed by atoms with Crippen molar-refractivity contribution in [3.8, 4) is 0 Å². The van der Waals surface area contributed by atoms with Gasteiger partial charge in [0.1, 0.15) is 18.2 Å². The number of aromatic nitrogens is 3. The van der Waals surface area contributed by atoms with Crippen molar-refractivity contribution in [1.82, 2.24) is 25.4 Å². The van der Waals surface area contributed by atoms with E-state index in [0.717, 1.165) is 29.2 Å². The second-order valence-corrected chi connectivity index (χ2v) is 6.05. The fourth-order valence-corrected chi connectivity index (χ4v) is 2.44. The highest BCUT2D eigenvalue weighted by Gasteiger charge is 2.06. The van der Waals surface area contributed by atoms with Crippen LogP contribution in [0.3, 0.4) is 0 Å². The van der Waals surface area contributed by atoms with Crippen LogP contribution < -0.4 is 10.6 Å². The molecule has 0 radical (unpaired) electrons. The summed E-state index contributed by atoms with van der Waals surface area (Å²) in [6, 6.07) is 4.87. The number of aryl methyl sites for hydroxylation is 2. The Balaban J connectivity index is 0.00000364. The summed E-state index contributed by atoms with van der Waals surface area (Å²) in [5, 5.41) is 14.7. The van der Waals surface area contributed by atoms with E-state index in [4.69, 9.17) is 4.74 Å². The van der Waals surface area contributed by atoms with Crippen LogP contribution in [-0.2, 0) is 24.8 Å². The Labute approximate surface area is 176 Å². The number of nitrogens with zero attached hydrogens (tertiary/aromatic N) is 4. The summed E-state index contributed by atoms with van der Waals surface area (Å²) in [6.45, 7) is 6.16. The SMILES string of the molecule is COCCNC(=NCc1nnc(C)n1C)NCCc1ccc(F)cc1C.I. The molecule has 0 aliphatic rings. The molecule has 2 N–H and O–H groups in total. The number of benzene rings is 1. The Kier molecular flexibility index (Phi) is 10.2. The molecule has 0 aliphatic carbocycles. The number of ether oxygens (including phenoxy) is 1. The van der Waals surface area contributed by atoms with Gasteiger partial charge in [-0.15, -0.1) is 34.2 Å². The zero-order valence-electron chi connectivity index (χ0n) is 16.3. The fourth-order valence-electron chi connectivity index (χ4n) is 2.44. The van der Waals surface area contributed by atoms with Gasteiger partial charge in [-0.05, 0) is 43.5 Å². The lowest BCUT2D eigenvalue weighted by Gasteiger charge is -2.13. The van der Waals surface area contributed by atoms with Crippen LogP contribution in [0.25, 0.3) is 0 Å². The average molecular weight is 490 g/mol. The van der Waals surface area contributed by atoms with Gasteiger partial charge >= 0.3 is 0 Å². The Morgan fingerprint density at radius 1 is 1.22 bits per heavy atom. The van der Waals surface area contributed by atoms with E-state index in [1.165, 1.54) is 6.07 Å². The molecule has 0 bridgehead atoms. The third-order valence-electron chi connectivity index (χ3n) is 4.15. The van der Waals surface area contributed by atoms with Gasteiger partial charge in [-0.3, -0.25) is 0 Å². The third kappa shape index (κ3) is 7.41. The molecule has 2 aromatic rings. The van der Waals surface area contributed by atoms with E-state index in [2.05, 4.69) is 25.8 Å². The van der Waals surface area contributed by atoms with Gasteiger partial charge in [0.25, 0.3) is 0 Å². The first-order valence-corrected chi connectivity index (χ1v) is 8.62. The molecule has 0 atom stereocenters. The summed E-state index contributed by atoms with van der Waals surface area (Å²) < 4.78 is 20.2. The molecule has 1 heterocycles. The van der Waals surface area contributed by atoms with Gasteiger partial charge in [0.2, 0.25) is 0 Å². The minimum absolute atomic E-state index is 0. The summed E-state index contributed by atoms with van der Waals surface area (Å²) in [7, 11) is 3.58. The number of hydrogen-bond donors (Lipinski definition) is 2. The van der Waals surface area contributed by atoms with E-state index < -0.39 is 0 Å². The molecule has 2 rings (SSSR count). The highest BCUT2D eigenvalue weighted by Crippen LogP contribution is 2.10. The smallest absolute Gasteiger partial charge is 0.191 e. The van der Waals surface area contributed by atoms with E-state index in [-0.39, 0.29) is 29.8 Å². The molecule has 0 spiro atoms. The zero-order valence-corrected chi connectivity index (χ0v) is 18.6. The molecule has 9 heteroatoms. The fraction of sp³-hybridized carbons (Fsp3) is 0.500. The zero-order chi connectivity index (χ0) is 18.9. The van der Waals surface area contributed by atoms with E-state index in [1.807, 2.05) is 31.5 Å². The van der Waals surface area contributed by atoms with Crippen molar-refractivity contribution < 1.29 is 9.13 Å². The van der Waals surface area contributed by atoms with Crippen LogP contribution >= 0.6 is 24.0 Å². The van der Waals surface area contributed by atoms with Gasteiger partial charge in [-0.1, -0.05) is 6.07 Å². The Morgan fingerprint density at radius 2 is 1.96 bits per heavy atom. The molecule has 1 aromatic heterocycles. The predicted molar refractivity (Wildman–Crippen MR) is 115 cm³/mol. The minimum Gasteiger partial charge on any atom is -0.383 e. The third-order valence-corrected chi connectivity index (χ3v) is 4.15. The van der Waals surface area contributed by atoms with Crippen molar-refractivity contribution >= 4 is 29.9 Å². The van der Waals surface area contributed by atoms with Crippen molar-refractivity contribution in [1.29, 1.82) is 0 Å². The second kappa shape index (κ2) is 11.9. The first-order chi connectivity index (χ1) is 12.5. The lowest BCUT2D eigenvalue weighted by Crippen LogP contribution is -2.40. The maximum atomic E-state index is 13.2. The molecule has 7 nitrogen and oxygen atoms in total. The van der Waals surface area contributed by atoms with Crippen LogP contribution in [0.15, 0.2) is 23.2 Å². The molecule has 0 amide bonds. The summed E-state index contributed by atoms with van der Waals surface area (Å²) in [4.78, 5) is 4.56. The lowest BCUT2D eigenvalue weighted by molar-refractivity contribution is 0.203. The number of rotatable bonds is 8. The molecule has 0 unspecified atom stereocenters. The molecule has 0 fully saturated rings. The van der Waals surface area contributed by atoms with Crippen LogP contribution in [0, 0.1) is 19.7 Å². The monoisotopic (exact) mass is 490 g/mol. The number of hydrogen-bond acceptors (Lipinski definition) is 4. The van der Waals surface area contributed by atoms with Crippen molar-refractivity contribution in [2.24, 2.45) is 12.0 Å². The van der Waals surface area contributed by atoms with Gasteiger partial charge in [-0.25, -0.2) is 9.38 Å². The molecule has 0 saturated heterocycles. The molecule has 0 aliphatic heterocycles. The van der Waals surface area contributed by atoms with Crippen LogP contribution in [0.1, 0.15) is 22.8 Å². The molecular formula is C18H28FIN6O. The highest BCUT2D eigenvalue weighted by molar-refractivity contribution is 14.0. The van der Waals surface area contributed by atoms with Crippen LogP contribution in [-0.4, -0.2) is 47.5 Å². The summed E-state index contributed by atoms with van der Waals surface area (Å²) >= 11 is 0. The number of aliphatic imine (C=N–C) groups is 1. The summed E-state index contributed by atoms with van der Waals surface area (Å²) in [5.74, 6) is 2.12. The normalized spacial score (nSPS) is 11.2. The lowest BCUT2D eigenvalue weighted by atomic mass is 10.1. The van der Waals surface area contributed by atoms with Crippen LogP contribution in [0.4, 0.5) is 4.39 Å². The van der Waals surface area contributed by atoms with Gasteiger partial charge < -0.3 is 19.9 Å². The topological polar surface area (TPSA) is 76.4 Å². The van der Waals surface area contributed by atoms with Crippen LogP contribution in [0.5, 0.6) is 0 Å². The Bertz CT molecular complexity index is 749. The number of nitrogens with one attached hydrogen (secondary N) is 2. The first kappa shape index (κ1) is 23.3. The average Bonchev–Trinajstić information content (AvgIpc) is 2.93.